The van der Waals surface area contributed by atoms with Gasteiger partial charge in [-0.1, -0.05) is 23.2 Å². The van der Waals surface area contributed by atoms with Crippen LogP contribution in [-0.4, -0.2) is 47.9 Å². The molecule has 4 rings (SSSR count). The maximum atomic E-state index is 14.3. The smallest absolute Gasteiger partial charge is 0.338 e. The molecular formula is C21H14Cl2F6N4O3. The minimum atomic E-state index is -5.03. The van der Waals surface area contributed by atoms with Gasteiger partial charge in [0.15, 0.2) is 0 Å². The van der Waals surface area contributed by atoms with E-state index in [2.05, 4.69) is 20.8 Å². The second kappa shape index (κ2) is 9.20. The van der Waals surface area contributed by atoms with Crippen LogP contribution in [0.5, 0.6) is 0 Å². The average molecular weight is 555 g/mol. The minimum absolute atomic E-state index is 0.00396. The summed E-state index contributed by atoms with van der Waals surface area (Å²) in [5, 5.41) is 0.831. The Kier molecular flexibility index (Phi) is 6.69. The molecule has 2 aliphatic heterocycles. The highest BCUT2D eigenvalue weighted by atomic mass is 35.5. The van der Waals surface area contributed by atoms with Gasteiger partial charge in [0.2, 0.25) is 0 Å². The molecule has 0 spiro atoms. The largest absolute Gasteiger partial charge is 0.417 e. The zero-order valence-electron chi connectivity index (χ0n) is 17.7. The molecule has 0 radical (unpaired) electrons. The van der Waals surface area contributed by atoms with E-state index in [0.29, 0.717) is 6.07 Å². The summed E-state index contributed by atoms with van der Waals surface area (Å²) >= 11 is 11.4. The molecule has 36 heavy (non-hydrogen) atoms. The molecule has 0 bridgehead atoms. The van der Waals surface area contributed by atoms with E-state index in [4.69, 9.17) is 28.0 Å². The molecule has 2 atom stereocenters. The van der Waals surface area contributed by atoms with Crippen molar-refractivity contribution in [2.75, 3.05) is 13.2 Å². The van der Waals surface area contributed by atoms with Gasteiger partial charge in [0, 0.05) is 12.6 Å². The van der Waals surface area contributed by atoms with E-state index >= 15 is 0 Å². The van der Waals surface area contributed by atoms with Crippen molar-refractivity contribution in [3.8, 4) is 0 Å². The first-order valence-electron chi connectivity index (χ1n) is 10.1. The first kappa shape index (κ1) is 26.2. The number of halogens is 8. The fourth-order valence-corrected chi connectivity index (χ4v) is 4.24. The summed E-state index contributed by atoms with van der Waals surface area (Å²) in [5.74, 6) is -1.22. The van der Waals surface area contributed by atoms with Crippen molar-refractivity contribution in [1.82, 2.24) is 15.8 Å². The lowest BCUT2D eigenvalue weighted by Crippen LogP contribution is -2.44. The minimum Gasteiger partial charge on any atom is -0.338 e. The third-order valence-electron chi connectivity index (χ3n) is 5.80. The summed E-state index contributed by atoms with van der Waals surface area (Å²) in [7, 11) is 0. The molecule has 15 heteroatoms. The van der Waals surface area contributed by atoms with E-state index in [9.17, 15) is 35.9 Å². The number of nitrogens with zero attached hydrogens (tertiary/aromatic N) is 2. The standard InChI is InChI=1S/C21H14Cl2F6N4O3/c22-12-4-10(3-11(16(12)23)20(24,25)26)19(21(27,28)29)5-14(31-8-19)13-2-1-9(6-30-13)17(34)32-15-7-36-33-18(15)35/h1-4,6,15H,5,7-8H2,(H,32,34)(H,33,35). The molecule has 2 amide bonds. The summed E-state index contributed by atoms with van der Waals surface area (Å²) < 4.78 is 83.1. The van der Waals surface area contributed by atoms with Crippen LogP contribution < -0.4 is 10.8 Å². The predicted molar refractivity (Wildman–Crippen MR) is 115 cm³/mol. The number of hydrogen-bond acceptors (Lipinski definition) is 5. The quantitative estimate of drug-likeness (QED) is 0.552. The van der Waals surface area contributed by atoms with Crippen LogP contribution in [0.2, 0.25) is 10.0 Å². The van der Waals surface area contributed by atoms with Gasteiger partial charge in [0.25, 0.3) is 11.8 Å². The average Bonchev–Trinajstić information content (AvgIpc) is 3.42. The van der Waals surface area contributed by atoms with E-state index in [1.807, 2.05) is 0 Å². The Morgan fingerprint density at radius 3 is 2.44 bits per heavy atom. The molecule has 0 saturated carbocycles. The predicted octanol–water partition coefficient (Wildman–Crippen LogP) is 4.26. The Hall–Kier alpha value is -2.90. The van der Waals surface area contributed by atoms with Crippen LogP contribution in [0.4, 0.5) is 26.3 Å². The van der Waals surface area contributed by atoms with Crippen molar-refractivity contribution in [1.29, 1.82) is 0 Å². The van der Waals surface area contributed by atoms with Crippen LogP contribution in [0.15, 0.2) is 35.5 Å². The topological polar surface area (TPSA) is 92.7 Å². The lowest BCUT2D eigenvalue weighted by Gasteiger charge is -2.32. The van der Waals surface area contributed by atoms with E-state index in [1.54, 1.807) is 0 Å². The number of aliphatic imine (C=N–C) groups is 1. The van der Waals surface area contributed by atoms with E-state index in [-0.39, 0.29) is 23.6 Å². The molecule has 1 aromatic heterocycles. The Labute approximate surface area is 208 Å². The number of carbonyl (C=O) groups is 2. The van der Waals surface area contributed by atoms with E-state index < -0.39 is 69.8 Å². The van der Waals surface area contributed by atoms with Gasteiger partial charge in [-0.05, 0) is 29.8 Å². The van der Waals surface area contributed by atoms with Crippen molar-refractivity contribution < 1.29 is 40.8 Å². The summed E-state index contributed by atoms with van der Waals surface area (Å²) in [5.41, 5.74) is -3.07. The summed E-state index contributed by atoms with van der Waals surface area (Å²) in [6, 6.07) is 2.69. The number of rotatable bonds is 4. The fourth-order valence-electron chi connectivity index (χ4n) is 3.81. The van der Waals surface area contributed by atoms with Crippen molar-refractivity contribution in [3.63, 3.8) is 0 Å². The van der Waals surface area contributed by atoms with Gasteiger partial charge >= 0.3 is 12.4 Å². The first-order valence-corrected chi connectivity index (χ1v) is 10.8. The number of hydroxylamine groups is 1. The highest BCUT2D eigenvalue weighted by Gasteiger charge is 2.59. The van der Waals surface area contributed by atoms with Gasteiger partial charge in [-0.2, -0.15) is 26.3 Å². The van der Waals surface area contributed by atoms with Crippen molar-refractivity contribution in [3.05, 3.63) is 62.9 Å². The Morgan fingerprint density at radius 1 is 1.17 bits per heavy atom. The molecule has 1 aromatic carbocycles. The Morgan fingerprint density at radius 2 is 1.89 bits per heavy atom. The molecule has 7 nitrogen and oxygen atoms in total. The summed E-state index contributed by atoms with van der Waals surface area (Å²) in [6.45, 7) is -0.987. The third-order valence-corrected chi connectivity index (χ3v) is 6.61. The number of amides is 2. The fraction of sp³-hybridized carbons (Fsp3) is 0.333. The van der Waals surface area contributed by atoms with Gasteiger partial charge in [0.05, 0.1) is 39.1 Å². The highest BCUT2D eigenvalue weighted by Crippen LogP contribution is 2.50. The number of hydrogen-bond donors (Lipinski definition) is 2. The Balaban J connectivity index is 1.61. The zero-order chi connectivity index (χ0) is 26.5. The van der Waals surface area contributed by atoms with Crippen LogP contribution in [0.1, 0.15) is 33.6 Å². The Bertz CT molecular complexity index is 1250. The maximum absolute atomic E-state index is 14.3. The molecule has 2 aliphatic rings. The van der Waals surface area contributed by atoms with Crippen LogP contribution in [0.25, 0.3) is 0 Å². The number of alkyl halides is 6. The number of nitrogens with one attached hydrogen (secondary N) is 2. The normalized spacial score (nSPS) is 22.4. The second-order valence-electron chi connectivity index (χ2n) is 8.07. The van der Waals surface area contributed by atoms with Crippen molar-refractivity contribution in [2.45, 2.75) is 30.2 Å². The number of pyridine rings is 1. The van der Waals surface area contributed by atoms with Gasteiger partial charge in [0.1, 0.15) is 18.1 Å². The van der Waals surface area contributed by atoms with Gasteiger partial charge in [-0.25, -0.2) is 5.48 Å². The third kappa shape index (κ3) is 4.74. The second-order valence-corrected chi connectivity index (χ2v) is 8.86. The van der Waals surface area contributed by atoms with E-state index in [0.717, 1.165) is 12.3 Å². The monoisotopic (exact) mass is 554 g/mol. The summed E-state index contributed by atoms with van der Waals surface area (Å²) in [4.78, 5) is 36.4. The van der Waals surface area contributed by atoms with Crippen LogP contribution in [0.3, 0.4) is 0 Å². The zero-order valence-corrected chi connectivity index (χ0v) is 19.2. The van der Waals surface area contributed by atoms with Crippen LogP contribution in [-0.2, 0) is 21.2 Å². The molecule has 1 saturated heterocycles. The SMILES string of the molecule is O=C(NC1CONC1=O)c1ccc(C2=NCC(c3cc(Cl)c(Cl)c(C(F)(F)F)c3)(C(F)(F)F)C2)nc1. The number of aromatic nitrogens is 1. The van der Waals surface area contributed by atoms with Crippen LogP contribution in [0, 0.1) is 0 Å². The molecule has 2 aromatic rings. The molecule has 2 N–H and O–H groups in total. The lowest BCUT2D eigenvalue weighted by molar-refractivity contribution is -0.184. The maximum Gasteiger partial charge on any atom is 0.417 e. The molecule has 3 heterocycles. The molecule has 1 fully saturated rings. The van der Waals surface area contributed by atoms with Gasteiger partial charge in [-0.3, -0.25) is 24.4 Å². The first-order chi connectivity index (χ1) is 16.7. The summed E-state index contributed by atoms with van der Waals surface area (Å²) in [6.07, 6.45) is -9.77. The van der Waals surface area contributed by atoms with Crippen molar-refractivity contribution in [2.24, 2.45) is 4.99 Å². The molecule has 2 unspecified atom stereocenters. The van der Waals surface area contributed by atoms with Gasteiger partial charge < -0.3 is 5.32 Å². The molecule has 192 valence electrons. The number of benzene rings is 1. The van der Waals surface area contributed by atoms with Gasteiger partial charge in [-0.15, -0.1) is 0 Å². The molecule has 0 aliphatic carbocycles. The van der Waals surface area contributed by atoms with E-state index in [1.165, 1.54) is 12.1 Å². The van der Waals surface area contributed by atoms with Crippen molar-refractivity contribution >= 4 is 40.7 Å². The van der Waals surface area contributed by atoms with Crippen LogP contribution >= 0.6 is 23.2 Å². The lowest BCUT2D eigenvalue weighted by atomic mass is 9.76. The molecular weight excluding hydrogens is 541 g/mol. The highest BCUT2D eigenvalue weighted by molar-refractivity contribution is 6.42. The number of carbonyl (C=O) groups excluding carboxylic acids is 2.